The summed E-state index contributed by atoms with van der Waals surface area (Å²) in [6.45, 7) is 1.80. The number of nitrogens with zero attached hydrogens (tertiary/aromatic N) is 1. The quantitative estimate of drug-likeness (QED) is 0.894. The summed E-state index contributed by atoms with van der Waals surface area (Å²) < 4.78 is 6.77. The Morgan fingerprint density at radius 1 is 1.28 bits per heavy atom. The molecule has 0 aliphatic heterocycles. The highest BCUT2D eigenvalue weighted by molar-refractivity contribution is 5.38. The lowest BCUT2D eigenvalue weighted by atomic mass is 10.2. The van der Waals surface area contributed by atoms with Crippen molar-refractivity contribution in [1.29, 1.82) is 0 Å². The standard InChI is InChI=1S/C14H15NO3/c1-10-3-5-11(6-4-10)15-8-14(18-2)13(17)7-12(15)9-16/h3-8,16H,9H2,1-2H3. The number of aliphatic hydroxyl groups is 1. The van der Waals surface area contributed by atoms with Crippen LogP contribution in [0, 0.1) is 6.92 Å². The van der Waals surface area contributed by atoms with E-state index in [0.29, 0.717) is 5.69 Å². The molecule has 18 heavy (non-hydrogen) atoms. The Bertz CT molecular complexity index is 599. The molecule has 1 N–H and O–H groups in total. The third-order valence-corrected chi connectivity index (χ3v) is 2.79. The van der Waals surface area contributed by atoms with Crippen LogP contribution < -0.4 is 10.2 Å². The van der Waals surface area contributed by atoms with Gasteiger partial charge in [0.1, 0.15) is 0 Å². The van der Waals surface area contributed by atoms with E-state index in [-0.39, 0.29) is 17.8 Å². The van der Waals surface area contributed by atoms with E-state index >= 15 is 0 Å². The summed E-state index contributed by atoms with van der Waals surface area (Å²) in [6, 6.07) is 9.19. The van der Waals surface area contributed by atoms with Gasteiger partial charge in [-0.05, 0) is 19.1 Å². The highest BCUT2D eigenvalue weighted by Gasteiger charge is 2.07. The van der Waals surface area contributed by atoms with E-state index in [1.807, 2.05) is 31.2 Å². The smallest absolute Gasteiger partial charge is 0.223 e. The fourth-order valence-electron chi connectivity index (χ4n) is 1.78. The summed E-state index contributed by atoms with van der Waals surface area (Å²) in [5.74, 6) is 0.257. The second kappa shape index (κ2) is 5.06. The number of benzene rings is 1. The maximum Gasteiger partial charge on any atom is 0.223 e. The van der Waals surface area contributed by atoms with Gasteiger partial charge in [-0.25, -0.2) is 0 Å². The van der Waals surface area contributed by atoms with Gasteiger partial charge in [0.05, 0.1) is 25.6 Å². The minimum atomic E-state index is -0.232. The van der Waals surface area contributed by atoms with Crippen LogP contribution in [0.2, 0.25) is 0 Å². The van der Waals surface area contributed by atoms with Gasteiger partial charge in [-0.2, -0.15) is 0 Å². The Hall–Kier alpha value is -2.07. The number of pyridine rings is 1. The van der Waals surface area contributed by atoms with E-state index in [1.54, 1.807) is 10.8 Å². The van der Waals surface area contributed by atoms with Crippen LogP contribution >= 0.6 is 0 Å². The van der Waals surface area contributed by atoms with Crippen molar-refractivity contribution in [3.63, 3.8) is 0 Å². The number of ether oxygens (including phenoxy) is 1. The zero-order chi connectivity index (χ0) is 13.1. The molecule has 0 atom stereocenters. The first-order valence-corrected chi connectivity index (χ1v) is 5.63. The molecule has 1 aromatic heterocycles. The van der Waals surface area contributed by atoms with E-state index < -0.39 is 0 Å². The minimum absolute atomic E-state index is 0.201. The zero-order valence-electron chi connectivity index (χ0n) is 10.4. The molecule has 0 aliphatic carbocycles. The van der Waals surface area contributed by atoms with Gasteiger partial charge in [-0.15, -0.1) is 0 Å². The molecule has 2 aromatic rings. The molecule has 0 fully saturated rings. The molecule has 94 valence electrons. The van der Waals surface area contributed by atoms with Gasteiger partial charge in [0.15, 0.2) is 5.75 Å². The Kier molecular flexibility index (Phi) is 3.48. The minimum Gasteiger partial charge on any atom is -0.491 e. The van der Waals surface area contributed by atoms with Gasteiger partial charge in [0, 0.05) is 11.8 Å². The van der Waals surface area contributed by atoms with Gasteiger partial charge in [-0.1, -0.05) is 17.7 Å². The molecular weight excluding hydrogens is 230 g/mol. The van der Waals surface area contributed by atoms with E-state index in [0.717, 1.165) is 11.3 Å². The molecule has 4 heteroatoms. The number of methoxy groups -OCH3 is 1. The molecule has 0 aliphatic rings. The largest absolute Gasteiger partial charge is 0.491 e. The molecule has 0 bridgehead atoms. The van der Waals surface area contributed by atoms with E-state index in [4.69, 9.17) is 4.74 Å². The van der Waals surface area contributed by atoms with Gasteiger partial charge in [-0.3, -0.25) is 4.79 Å². The van der Waals surface area contributed by atoms with Crippen LogP contribution in [0.5, 0.6) is 5.75 Å². The van der Waals surface area contributed by atoms with Gasteiger partial charge < -0.3 is 14.4 Å². The van der Waals surface area contributed by atoms with Gasteiger partial charge >= 0.3 is 0 Å². The Morgan fingerprint density at radius 2 is 1.94 bits per heavy atom. The zero-order valence-corrected chi connectivity index (χ0v) is 10.4. The summed E-state index contributed by atoms with van der Waals surface area (Å²) in [7, 11) is 1.45. The average molecular weight is 245 g/mol. The maximum atomic E-state index is 11.6. The van der Waals surface area contributed by atoms with Crippen molar-refractivity contribution in [3.05, 3.63) is 58.0 Å². The normalized spacial score (nSPS) is 10.4. The van der Waals surface area contributed by atoms with Gasteiger partial charge in [0.2, 0.25) is 5.43 Å². The molecule has 0 radical (unpaired) electrons. The summed E-state index contributed by atoms with van der Waals surface area (Å²) in [5, 5.41) is 9.32. The number of hydrogen-bond donors (Lipinski definition) is 1. The number of aromatic nitrogens is 1. The molecule has 0 saturated carbocycles. The van der Waals surface area contributed by atoms with Crippen LogP contribution in [0.3, 0.4) is 0 Å². The number of hydrogen-bond acceptors (Lipinski definition) is 3. The summed E-state index contributed by atoms with van der Waals surface area (Å²) in [5.41, 5.74) is 2.33. The summed E-state index contributed by atoms with van der Waals surface area (Å²) >= 11 is 0. The molecule has 2 rings (SSSR count). The van der Waals surface area contributed by atoms with Crippen LogP contribution in [-0.4, -0.2) is 16.8 Å². The molecule has 4 nitrogen and oxygen atoms in total. The molecule has 0 unspecified atom stereocenters. The fraction of sp³-hybridized carbons (Fsp3) is 0.214. The second-order valence-electron chi connectivity index (χ2n) is 4.06. The SMILES string of the molecule is COc1cn(-c2ccc(C)cc2)c(CO)cc1=O. The molecule has 0 amide bonds. The number of aryl methyl sites for hydroxylation is 1. The molecule has 0 spiro atoms. The predicted molar refractivity (Wildman–Crippen MR) is 69.3 cm³/mol. The van der Waals surface area contributed by atoms with Crippen LogP contribution in [0.25, 0.3) is 5.69 Å². The van der Waals surface area contributed by atoms with Crippen LogP contribution in [0.4, 0.5) is 0 Å². The van der Waals surface area contributed by atoms with E-state index in [9.17, 15) is 9.90 Å². The Morgan fingerprint density at radius 3 is 2.50 bits per heavy atom. The first-order valence-electron chi connectivity index (χ1n) is 5.63. The lowest BCUT2D eigenvalue weighted by Crippen LogP contribution is -2.13. The van der Waals surface area contributed by atoms with Crippen molar-refractivity contribution in [2.45, 2.75) is 13.5 Å². The van der Waals surface area contributed by atoms with Crippen molar-refractivity contribution in [2.75, 3.05) is 7.11 Å². The first-order chi connectivity index (χ1) is 8.65. The molecule has 0 saturated heterocycles. The van der Waals surface area contributed by atoms with Crippen LogP contribution in [0.15, 0.2) is 41.3 Å². The first kappa shape index (κ1) is 12.4. The highest BCUT2D eigenvalue weighted by Crippen LogP contribution is 2.15. The Labute approximate surface area is 105 Å². The van der Waals surface area contributed by atoms with Crippen molar-refractivity contribution >= 4 is 0 Å². The van der Waals surface area contributed by atoms with Crippen molar-refractivity contribution < 1.29 is 9.84 Å². The van der Waals surface area contributed by atoms with E-state index in [2.05, 4.69) is 0 Å². The van der Waals surface area contributed by atoms with Crippen LogP contribution in [-0.2, 0) is 6.61 Å². The monoisotopic (exact) mass is 245 g/mol. The molecular formula is C14H15NO3. The summed E-state index contributed by atoms with van der Waals surface area (Å²) in [6.07, 6.45) is 1.60. The maximum absolute atomic E-state index is 11.6. The van der Waals surface area contributed by atoms with E-state index in [1.165, 1.54) is 13.2 Å². The van der Waals surface area contributed by atoms with Crippen molar-refractivity contribution in [3.8, 4) is 11.4 Å². The second-order valence-corrected chi connectivity index (χ2v) is 4.06. The average Bonchev–Trinajstić information content (AvgIpc) is 2.39. The van der Waals surface area contributed by atoms with Gasteiger partial charge in [0.25, 0.3) is 0 Å². The highest BCUT2D eigenvalue weighted by atomic mass is 16.5. The number of aliphatic hydroxyl groups excluding tert-OH is 1. The topological polar surface area (TPSA) is 51.5 Å². The lowest BCUT2D eigenvalue weighted by Gasteiger charge is -2.13. The third-order valence-electron chi connectivity index (χ3n) is 2.79. The summed E-state index contributed by atoms with van der Waals surface area (Å²) in [4.78, 5) is 11.6. The van der Waals surface area contributed by atoms with Crippen LogP contribution in [0.1, 0.15) is 11.3 Å². The molecule has 1 aromatic carbocycles. The fourth-order valence-corrected chi connectivity index (χ4v) is 1.78. The lowest BCUT2D eigenvalue weighted by molar-refractivity contribution is 0.273. The third kappa shape index (κ3) is 2.28. The molecule has 1 heterocycles. The van der Waals surface area contributed by atoms with Crippen molar-refractivity contribution in [1.82, 2.24) is 4.57 Å². The Balaban J connectivity index is 2.61. The van der Waals surface area contributed by atoms with Crippen molar-refractivity contribution in [2.24, 2.45) is 0 Å². The predicted octanol–water partition coefficient (Wildman–Crippen LogP) is 1.65. The number of rotatable bonds is 3.